The fraction of sp³-hybridized carbons (Fsp3) is 0.600. The van der Waals surface area contributed by atoms with E-state index in [2.05, 4.69) is 5.32 Å². The van der Waals surface area contributed by atoms with E-state index in [1.807, 2.05) is 13.8 Å². The third-order valence-electron chi connectivity index (χ3n) is 3.21. The van der Waals surface area contributed by atoms with Crippen molar-refractivity contribution >= 4 is 0 Å². The summed E-state index contributed by atoms with van der Waals surface area (Å²) in [4.78, 5) is 0. The molecule has 0 aromatic heterocycles. The Labute approximate surface area is 123 Å². The van der Waals surface area contributed by atoms with Gasteiger partial charge in [-0.1, -0.05) is 19.1 Å². The molecular formula is C15H22F3NO2. The quantitative estimate of drug-likeness (QED) is 0.812. The van der Waals surface area contributed by atoms with Crippen molar-refractivity contribution < 1.29 is 23.0 Å². The molecule has 120 valence electrons. The predicted octanol–water partition coefficient (Wildman–Crippen LogP) is 3.22. The molecule has 0 aliphatic carbocycles. The minimum atomic E-state index is -4.45. The number of hydrogen-bond donors (Lipinski definition) is 2. The molecule has 1 aromatic rings. The number of rotatable bonds is 7. The molecule has 0 radical (unpaired) electrons. The van der Waals surface area contributed by atoms with E-state index in [1.54, 1.807) is 6.92 Å². The molecule has 0 fully saturated rings. The molecule has 2 N–H and O–H groups in total. The van der Waals surface area contributed by atoms with Crippen molar-refractivity contribution in [2.24, 2.45) is 0 Å². The molecule has 0 aliphatic heterocycles. The van der Waals surface area contributed by atoms with Gasteiger partial charge in [0.2, 0.25) is 0 Å². The first-order valence-corrected chi connectivity index (χ1v) is 6.90. The fourth-order valence-corrected chi connectivity index (χ4v) is 2.32. The lowest BCUT2D eigenvalue weighted by molar-refractivity contribution is -0.139. The molecule has 0 saturated heterocycles. The summed E-state index contributed by atoms with van der Waals surface area (Å²) in [6.45, 7) is 5.95. The van der Waals surface area contributed by atoms with Crippen molar-refractivity contribution in [3.8, 4) is 5.75 Å². The molecule has 0 spiro atoms. The number of para-hydroxylation sites is 1. The van der Waals surface area contributed by atoms with Gasteiger partial charge in [-0.05, 0) is 32.5 Å². The normalized spacial score (nSPS) is 16.3. The minimum absolute atomic E-state index is 0.116. The molecule has 0 heterocycles. The van der Waals surface area contributed by atoms with Crippen LogP contribution in [0, 0.1) is 0 Å². The fourth-order valence-electron chi connectivity index (χ4n) is 2.32. The van der Waals surface area contributed by atoms with Crippen molar-refractivity contribution in [1.82, 2.24) is 5.32 Å². The van der Waals surface area contributed by atoms with Crippen LogP contribution in [-0.2, 0) is 6.18 Å². The van der Waals surface area contributed by atoms with Crippen LogP contribution in [0.3, 0.4) is 0 Å². The summed E-state index contributed by atoms with van der Waals surface area (Å²) in [5.41, 5.74) is -1.37. The van der Waals surface area contributed by atoms with E-state index in [9.17, 15) is 18.3 Å². The van der Waals surface area contributed by atoms with E-state index in [0.717, 1.165) is 6.07 Å². The highest BCUT2D eigenvalue weighted by Gasteiger charge is 2.35. The number of aliphatic hydroxyl groups excluding tert-OH is 1. The lowest BCUT2D eigenvalue weighted by atomic mass is 9.95. The van der Waals surface area contributed by atoms with Crippen LogP contribution in [0.4, 0.5) is 13.2 Å². The monoisotopic (exact) mass is 305 g/mol. The van der Waals surface area contributed by atoms with Gasteiger partial charge in [0.1, 0.15) is 5.75 Å². The topological polar surface area (TPSA) is 41.5 Å². The first-order chi connectivity index (χ1) is 9.72. The zero-order valence-electron chi connectivity index (χ0n) is 12.5. The summed E-state index contributed by atoms with van der Waals surface area (Å²) in [6.07, 6.45) is -4.52. The molecule has 21 heavy (non-hydrogen) atoms. The summed E-state index contributed by atoms with van der Waals surface area (Å²) in [5.74, 6) is -0.186. The van der Waals surface area contributed by atoms with Crippen LogP contribution < -0.4 is 10.1 Å². The molecule has 2 unspecified atom stereocenters. The van der Waals surface area contributed by atoms with Crippen LogP contribution in [0.25, 0.3) is 0 Å². The molecule has 1 aromatic carbocycles. The lowest BCUT2D eigenvalue weighted by Crippen LogP contribution is -2.48. The van der Waals surface area contributed by atoms with Crippen LogP contribution in [0.2, 0.25) is 0 Å². The minimum Gasteiger partial charge on any atom is -0.490 e. The Kier molecular flexibility index (Phi) is 6.04. The molecule has 3 nitrogen and oxygen atoms in total. The standard InChI is InChI=1S/C15H22F3NO2/c1-4-19-14(3,10-20)9-11(2)21-13-8-6-5-7-12(13)15(16,17)18/h5-8,11,19-20H,4,9-10H2,1-3H3. The van der Waals surface area contributed by atoms with Gasteiger partial charge in [0, 0.05) is 12.0 Å². The molecular weight excluding hydrogens is 283 g/mol. The van der Waals surface area contributed by atoms with Crippen LogP contribution in [0.5, 0.6) is 5.75 Å². The Morgan fingerprint density at radius 1 is 1.29 bits per heavy atom. The second kappa shape index (κ2) is 7.13. The number of alkyl halides is 3. The zero-order valence-corrected chi connectivity index (χ0v) is 12.5. The zero-order chi connectivity index (χ0) is 16.1. The summed E-state index contributed by atoms with van der Waals surface area (Å²) >= 11 is 0. The van der Waals surface area contributed by atoms with Gasteiger partial charge in [0.25, 0.3) is 0 Å². The maximum Gasteiger partial charge on any atom is 0.419 e. The average Bonchev–Trinajstić information content (AvgIpc) is 2.38. The summed E-state index contributed by atoms with van der Waals surface area (Å²) < 4.78 is 44.1. The molecule has 0 amide bonds. The van der Waals surface area contributed by atoms with Crippen LogP contribution >= 0.6 is 0 Å². The molecule has 6 heteroatoms. The van der Waals surface area contributed by atoms with Crippen molar-refractivity contribution in [3.63, 3.8) is 0 Å². The second-order valence-corrected chi connectivity index (χ2v) is 5.38. The molecule has 2 atom stereocenters. The summed E-state index contributed by atoms with van der Waals surface area (Å²) in [5, 5.41) is 12.5. The number of hydrogen-bond acceptors (Lipinski definition) is 3. The van der Waals surface area contributed by atoms with Gasteiger partial charge in [-0.3, -0.25) is 0 Å². The Hall–Kier alpha value is -1.27. The second-order valence-electron chi connectivity index (χ2n) is 5.38. The number of ether oxygens (including phenoxy) is 1. The smallest absolute Gasteiger partial charge is 0.419 e. The Bertz CT molecular complexity index is 451. The van der Waals surface area contributed by atoms with Gasteiger partial charge < -0.3 is 15.2 Å². The molecule has 0 bridgehead atoms. The molecule has 0 saturated carbocycles. The molecule has 1 rings (SSSR count). The maximum atomic E-state index is 12.9. The van der Waals surface area contributed by atoms with Gasteiger partial charge in [-0.2, -0.15) is 13.2 Å². The summed E-state index contributed by atoms with van der Waals surface area (Å²) in [6, 6.07) is 5.14. The van der Waals surface area contributed by atoms with E-state index in [-0.39, 0.29) is 12.4 Å². The third kappa shape index (κ3) is 5.21. The highest BCUT2D eigenvalue weighted by molar-refractivity contribution is 5.35. The van der Waals surface area contributed by atoms with E-state index in [0.29, 0.717) is 13.0 Å². The van der Waals surface area contributed by atoms with Crippen LogP contribution in [0.1, 0.15) is 32.8 Å². The number of aliphatic hydroxyl groups is 1. The first kappa shape index (κ1) is 17.8. The van der Waals surface area contributed by atoms with Crippen LogP contribution in [0.15, 0.2) is 24.3 Å². The highest BCUT2D eigenvalue weighted by Crippen LogP contribution is 2.36. The summed E-state index contributed by atoms with van der Waals surface area (Å²) in [7, 11) is 0. The SMILES string of the molecule is CCNC(C)(CO)CC(C)Oc1ccccc1C(F)(F)F. The van der Waals surface area contributed by atoms with Crippen molar-refractivity contribution in [2.45, 2.75) is 45.0 Å². The Morgan fingerprint density at radius 2 is 1.90 bits per heavy atom. The average molecular weight is 305 g/mol. The maximum absolute atomic E-state index is 12.9. The van der Waals surface area contributed by atoms with Crippen molar-refractivity contribution in [1.29, 1.82) is 0 Å². The van der Waals surface area contributed by atoms with Gasteiger partial charge in [-0.25, -0.2) is 0 Å². The Balaban J connectivity index is 2.82. The lowest BCUT2D eigenvalue weighted by Gasteiger charge is -2.31. The third-order valence-corrected chi connectivity index (χ3v) is 3.21. The predicted molar refractivity (Wildman–Crippen MR) is 75.3 cm³/mol. The van der Waals surface area contributed by atoms with E-state index < -0.39 is 23.4 Å². The van der Waals surface area contributed by atoms with Crippen molar-refractivity contribution in [2.75, 3.05) is 13.2 Å². The Morgan fingerprint density at radius 3 is 2.43 bits per heavy atom. The van der Waals surface area contributed by atoms with E-state index >= 15 is 0 Å². The first-order valence-electron chi connectivity index (χ1n) is 6.90. The largest absolute Gasteiger partial charge is 0.490 e. The number of likely N-dealkylation sites (N-methyl/N-ethyl adjacent to an activating group) is 1. The highest BCUT2D eigenvalue weighted by atomic mass is 19.4. The molecule has 0 aliphatic rings. The number of halogens is 3. The van der Waals surface area contributed by atoms with E-state index in [4.69, 9.17) is 4.74 Å². The van der Waals surface area contributed by atoms with Crippen molar-refractivity contribution in [3.05, 3.63) is 29.8 Å². The van der Waals surface area contributed by atoms with Gasteiger partial charge >= 0.3 is 6.18 Å². The van der Waals surface area contributed by atoms with Gasteiger partial charge in [0.05, 0.1) is 18.3 Å². The van der Waals surface area contributed by atoms with Gasteiger partial charge in [-0.15, -0.1) is 0 Å². The number of nitrogens with one attached hydrogen (secondary N) is 1. The van der Waals surface area contributed by atoms with Gasteiger partial charge in [0.15, 0.2) is 0 Å². The van der Waals surface area contributed by atoms with Crippen LogP contribution in [-0.4, -0.2) is 29.9 Å². The number of benzene rings is 1. The van der Waals surface area contributed by atoms with E-state index in [1.165, 1.54) is 18.2 Å².